The van der Waals surface area contributed by atoms with Gasteiger partial charge in [-0.15, -0.1) is 0 Å². The van der Waals surface area contributed by atoms with Crippen LogP contribution in [0, 0.1) is 11.8 Å². The minimum atomic E-state index is -0.525. The van der Waals surface area contributed by atoms with Crippen molar-refractivity contribution in [3.63, 3.8) is 0 Å². The van der Waals surface area contributed by atoms with E-state index in [1.807, 2.05) is 27.7 Å². The van der Waals surface area contributed by atoms with Crippen LogP contribution in [0.5, 0.6) is 0 Å². The van der Waals surface area contributed by atoms with E-state index in [1.165, 1.54) is 12.2 Å². The summed E-state index contributed by atoms with van der Waals surface area (Å²) in [5, 5.41) is 1.22. The number of hydrogen-bond acceptors (Lipinski definition) is 4. The molecule has 2 unspecified atom stereocenters. The summed E-state index contributed by atoms with van der Waals surface area (Å²) in [4.78, 5) is 30.8. The Morgan fingerprint density at radius 2 is 1.90 bits per heavy atom. The van der Waals surface area contributed by atoms with Crippen molar-refractivity contribution in [3.05, 3.63) is 0 Å². The Labute approximate surface area is 121 Å². The largest absolute Gasteiger partial charge is 0.444 e. The summed E-state index contributed by atoms with van der Waals surface area (Å²) >= 11 is 0. The molecule has 20 heavy (non-hydrogen) atoms. The molecule has 0 spiro atoms. The highest BCUT2D eigenvalue weighted by molar-refractivity contribution is 5.79. The van der Waals surface area contributed by atoms with Crippen LogP contribution in [0.3, 0.4) is 0 Å². The van der Waals surface area contributed by atoms with E-state index in [0.29, 0.717) is 13.1 Å². The van der Waals surface area contributed by atoms with Crippen molar-refractivity contribution >= 4 is 12.0 Å². The zero-order valence-electron chi connectivity index (χ0n) is 13.3. The van der Waals surface area contributed by atoms with E-state index in [2.05, 4.69) is 0 Å². The molecule has 1 heterocycles. The maximum atomic E-state index is 12.2. The predicted molar refractivity (Wildman–Crippen MR) is 74.9 cm³/mol. The summed E-state index contributed by atoms with van der Waals surface area (Å²) in [7, 11) is 3.04. The Kier molecular flexibility index (Phi) is 5.39. The van der Waals surface area contributed by atoms with Crippen LogP contribution in [0.1, 0.15) is 34.1 Å². The highest BCUT2D eigenvalue weighted by Gasteiger charge is 2.36. The molecular weight excluding hydrogens is 260 g/mol. The molecule has 0 aromatic heterocycles. The average molecular weight is 286 g/mol. The van der Waals surface area contributed by atoms with Gasteiger partial charge < -0.3 is 9.64 Å². The zero-order chi connectivity index (χ0) is 15.5. The van der Waals surface area contributed by atoms with Gasteiger partial charge in [-0.1, -0.05) is 6.92 Å². The minimum absolute atomic E-state index is 0.103. The van der Waals surface area contributed by atoms with Gasteiger partial charge in [-0.3, -0.25) is 9.63 Å². The maximum absolute atomic E-state index is 12.2. The van der Waals surface area contributed by atoms with E-state index in [-0.39, 0.29) is 23.8 Å². The number of amides is 2. The first-order valence-electron chi connectivity index (χ1n) is 6.95. The molecule has 0 N–H and O–H groups in total. The Hall–Kier alpha value is -1.30. The van der Waals surface area contributed by atoms with Gasteiger partial charge in [0, 0.05) is 20.1 Å². The van der Waals surface area contributed by atoms with Crippen LogP contribution in [0.2, 0.25) is 0 Å². The second-order valence-electron chi connectivity index (χ2n) is 6.32. The number of carbonyl (C=O) groups excluding carboxylic acids is 2. The van der Waals surface area contributed by atoms with E-state index in [1.54, 1.807) is 11.9 Å². The molecule has 1 fully saturated rings. The van der Waals surface area contributed by atoms with Crippen LogP contribution < -0.4 is 0 Å². The Balaban J connectivity index is 2.70. The number of piperidine rings is 1. The highest BCUT2D eigenvalue weighted by Crippen LogP contribution is 2.26. The van der Waals surface area contributed by atoms with Crippen molar-refractivity contribution < 1.29 is 19.2 Å². The van der Waals surface area contributed by atoms with Gasteiger partial charge in [-0.05, 0) is 33.1 Å². The Morgan fingerprint density at radius 3 is 2.40 bits per heavy atom. The van der Waals surface area contributed by atoms with Crippen LogP contribution in [0.25, 0.3) is 0 Å². The standard InChI is InChI=1S/C14H26N2O4/c1-10-7-8-16(13(18)20-14(2,3)4)9-11(10)12(17)15(5)19-6/h10-11H,7-9H2,1-6H3. The lowest BCUT2D eigenvalue weighted by molar-refractivity contribution is -0.176. The number of carbonyl (C=O) groups is 2. The molecule has 0 radical (unpaired) electrons. The summed E-state index contributed by atoms with van der Waals surface area (Å²) in [6.07, 6.45) is 0.426. The fraction of sp³-hybridized carbons (Fsp3) is 0.857. The molecule has 0 aromatic rings. The smallest absolute Gasteiger partial charge is 0.410 e. The van der Waals surface area contributed by atoms with Gasteiger partial charge in [0.25, 0.3) is 5.91 Å². The Morgan fingerprint density at radius 1 is 1.30 bits per heavy atom. The molecule has 1 rings (SSSR count). The molecule has 0 aliphatic carbocycles. The summed E-state index contributed by atoms with van der Waals surface area (Å²) in [6.45, 7) is 8.52. The first-order valence-corrected chi connectivity index (χ1v) is 6.95. The van der Waals surface area contributed by atoms with Gasteiger partial charge in [0.15, 0.2) is 0 Å². The summed E-state index contributed by atoms with van der Waals surface area (Å²) in [5.41, 5.74) is -0.525. The quantitative estimate of drug-likeness (QED) is 0.727. The second-order valence-corrected chi connectivity index (χ2v) is 6.32. The third-order valence-corrected chi connectivity index (χ3v) is 3.51. The number of ether oxygens (including phenoxy) is 1. The molecule has 0 aromatic carbocycles. The van der Waals surface area contributed by atoms with Crippen molar-refractivity contribution in [2.24, 2.45) is 11.8 Å². The molecule has 6 heteroatoms. The first-order chi connectivity index (χ1) is 9.15. The lowest BCUT2D eigenvalue weighted by Gasteiger charge is -2.37. The number of hydrogen-bond donors (Lipinski definition) is 0. The first kappa shape index (κ1) is 16.8. The highest BCUT2D eigenvalue weighted by atomic mass is 16.7. The Bertz CT molecular complexity index is 365. The second kappa shape index (κ2) is 6.43. The minimum Gasteiger partial charge on any atom is -0.444 e. The zero-order valence-corrected chi connectivity index (χ0v) is 13.3. The van der Waals surface area contributed by atoms with Crippen molar-refractivity contribution in [1.29, 1.82) is 0 Å². The van der Waals surface area contributed by atoms with E-state index < -0.39 is 5.60 Å². The molecule has 116 valence electrons. The predicted octanol–water partition coefficient (Wildman–Crippen LogP) is 1.90. The third kappa shape index (κ3) is 4.37. The summed E-state index contributed by atoms with van der Waals surface area (Å²) in [5.74, 6) is -0.131. The van der Waals surface area contributed by atoms with Crippen molar-refractivity contribution in [2.75, 3.05) is 27.2 Å². The monoisotopic (exact) mass is 286 g/mol. The fourth-order valence-corrected chi connectivity index (χ4v) is 2.21. The van der Waals surface area contributed by atoms with Crippen LogP contribution in [-0.4, -0.2) is 54.8 Å². The molecule has 2 atom stereocenters. The van der Waals surface area contributed by atoms with Crippen LogP contribution in [0.15, 0.2) is 0 Å². The molecule has 1 aliphatic rings. The third-order valence-electron chi connectivity index (χ3n) is 3.51. The lowest BCUT2D eigenvalue weighted by atomic mass is 9.86. The fourth-order valence-electron chi connectivity index (χ4n) is 2.21. The van der Waals surface area contributed by atoms with E-state index in [9.17, 15) is 9.59 Å². The van der Waals surface area contributed by atoms with Crippen molar-refractivity contribution in [2.45, 2.75) is 39.7 Å². The normalized spacial score (nSPS) is 23.4. The topological polar surface area (TPSA) is 59.1 Å². The van der Waals surface area contributed by atoms with Crippen LogP contribution >= 0.6 is 0 Å². The van der Waals surface area contributed by atoms with Gasteiger partial charge in [0.1, 0.15) is 5.60 Å². The van der Waals surface area contributed by atoms with Crippen LogP contribution in [-0.2, 0) is 14.4 Å². The average Bonchev–Trinajstić information content (AvgIpc) is 2.35. The molecule has 1 aliphatic heterocycles. The van der Waals surface area contributed by atoms with Crippen LogP contribution in [0.4, 0.5) is 4.79 Å². The maximum Gasteiger partial charge on any atom is 0.410 e. The van der Waals surface area contributed by atoms with Gasteiger partial charge in [0.05, 0.1) is 13.0 Å². The van der Waals surface area contributed by atoms with E-state index in [0.717, 1.165) is 6.42 Å². The summed E-state index contributed by atoms with van der Waals surface area (Å²) < 4.78 is 5.36. The van der Waals surface area contributed by atoms with Gasteiger partial charge in [-0.2, -0.15) is 0 Å². The molecule has 0 bridgehead atoms. The summed E-state index contributed by atoms with van der Waals surface area (Å²) in [6, 6.07) is 0. The van der Waals surface area contributed by atoms with E-state index >= 15 is 0 Å². The SMILES string of the molecule is CON(C)C(=O)C1CN(C(=O)OC(C)(C)C)CCC1C. The number of hydroxylamine groups is 2. The molecular formula is C14H26N2O4. The molecule has 2 amide bonds. The number of likely N-dealkylation sites (tertiary alicyclic amines) is 1. The number of nitrogens with zero attached hydrogens (tertiary/aromatic N) is 2. The van der Waals surface area contributed by atoms with Gasteiger partial charge >= 0.3 is 6.09 Å². The molecule has 6 nitrogen and oxygen atoms in total. The van der Waals surface area contributed by atoms with Gasteiger partial charge in [0.2, 0.25) is 0 Å². The van der Waals surface area contributed by atoms with Crippen molar-refractivity contribution in [3.8, 4) is 0 Å². The number of rotatable bonds is 2. The lowest BCUT2D eigenvalue weighted by Crippen LogP contribution is -2.50. The van der Waals surface area contributed by atoms with E-state index in [4.69, 9.17) is 9.57 Å². The van der Waals surface area contributed by atoms with Gasteiger partial charge in [-0.25, -0.2) is 9.86 Å². The molecule has 1 saturated heterocycles. The van der Waals surface area contributed by atoms with Crippen molar-refractivity contribution in [1.82, 2.24) is 9.96 Å². The molecule has 0 saturated carbocycles.